The van der Waals surface area contributed by atoms with Crippen molar-refractivity contribution in [1.29, 1.82) is 0 Å². The molecule has 0 bridgehead atoms. The van der Waals surface area contributed by atoms with Crippen molar-refractivity contribution in [2.75, 3.05) is 13.1 Å². The highest BCUT2D eigenvalue weighted by Crippen LogP contribution is 2.47. The van der Waals surface area contributed by atoms with Crippen molar-refractivity contribution in [3.05, 3.63) is 15.9 Å². The summed E-state index contributed by atoms with van der Waals surface area (Å²) in [7, 11) is 0. The maximum Gasteiger partial charge on any atom is 0.0738 e. The molecule has 3 nitrogen and oxygen atoms in total. The van der Waals surface area contributed by atoms with Crippen LogP contribution in [0.25, 0.3) is 0 Å². The van der Waals surface area contributed by atoms with Crippen molar-refractivity contribution in [3.63, 3.8) is 0 Å². The van der Waals surface area contributed by atoms with Crippen molar-refractivity contribution in [1.82, 2.24) is 15.1 Å². The lowest BCUT2D eigenvalue weighted by atomic mass is 9.80. The van der Waals surface area contributed by atoms with Crippen molar-refractivity contribution < 1.29 is 0 Å². The molecule has 1 unspecified atom stereocenters. The van der Waals surface area contributed by atoms with Crippen LogP contribution in [0.5, 0.6) is 0 Å². The fourth-order valence-corrected chi connectivity index (χ4v) is 3.53. The van der Waals surface area contributed by atoms with Gasteiger partial charge in [-0.2, -0.15) is 5.10 Å². The molecular formula is C16H28BrN3. The molecule has 0 aliphatic heterocycles. The van der Waals surface area contributed by atoms with Crippen LogP contribution in [0.2, 0.25) is 0 Å². The van der Waals surface area contributed by atoms with Gasteiger partial charge in [0.2, 0.25) is 0 Å². The summed E-state index contributed by atoms with van der Waals surface area (Å²) in [6, 6.07) is 0. The van der Waals surface area contributed by atoms with E-state index < -0.39 is 0 Å². The third-order valence-electron chi connectivity index (χ3n) is 4.54. The highest BCUT2D eigenvalue weighted by molar-refractivity contribution is 9.10. The van der Waals surface area contributed by atoms with Crippen LogP contribution in [0.3, 0.4) is 0 Å². The molecule has 20 heavy (non-hydrogen) atoms. The molecule has 1 saturated carbocycles. The molecule has 0 aromatic carbocycles. The van der Waals surface area contributed by atoms with Crippen LogP contribution in [0.15, 0.2) is 4.47 Å². The molecule has 1 N–H and O–H groups in total. The second kappa shape index (κ2) is 6.61. The van der Waals surface area contributed by atoms with Crippen LogP contribution in [0.4, 0.5) is 0 Å². The largest absolute Gasteiger partial charge is 0.316 e. The number of aromatic nitrogens is 2. The molecule has 1 aromatic rings. The molecule has 114 valence electrons. The molecule has 1 atom stereocenters. The SMILES string of the molecule is CCCNCC(C)(Cc1c(Br)c(C)nn1CC)C1CC1. The summed E-state index contributed by atoms with van der Waals surface area (Å²) >= 11 is 3.74. The Morgan fingerprint density at radius 3 is 2.65 bits per heavy atom. The maximum absolute atomic E-state index is 4.64. The number of halogens is 1. The normalized spacial score (nSPS) is 18.2. The predicted molar refractivity (Wildman–Crippen MR) is 88.0 cm³/mol. The average Bonchev–Trinajstić information content (AvgIpc) is 3.23. The van der Waals surface area contributed by atoms with Gasteiger partial charge in [0.05, 0.1) is 15.9 Å². The van der Waals surface area contributed by atoms with Crippen LogP contribution >= 0.6 is 15.9 Å². The van der Waals surface area contributed by atoms with Crippen molar-refractivity contribution in [2.24, 2.45) is 11.3 Å². The molecule has 1 aromatic heterocycles. The van der Waals surface area contributed by atoms with E-state index in [0.717, 1.165) is 37.7 Å². The van der Waals surface area contributed by atoms with E-state index in [1.165, 1.54) is 29.4 Å². The van der Waals surface area contributed by atoms with Crippen molar-refractivity contribution >= 4 is 15.9 Å². The molecule has 0 radical (unpaired) electrons. The monoisotopic (exact) mass is 341 g/mol. The third-order valence-corrected chi connectivity index (χ3v) is 5.57. The van der Waals surface area contributed by atoms with Gasteiger partial charge in [-0.05, 0) is 73.3 Å². The molecular weight excluding hydrogens is 314 g/mol. The summed E-state index contributed by atoms with van der Waals surface area (Å²) in [4.78, 5) is 0. The van der Waals surface area contributed by atoms with E-state index in [2.05, 4.69) is 58.7 Å². The Bertz CT molecular complexity index is 451. The lowest BCUT2D eigenvalue weighted by Crippen LogP contribution is -2.36. The van der Waals surface area contributed by atoms with Crippen LogP contribution in [0.1, 0.15) is 51.4 Å². The zero-order valence-corrected chi connectivity index (χ0v) is 14.9. The van der Waals surface area contributed by atoms with Gasteiger partial charge in [-0.1, -0.05) is 13.8 Å². The van der Waals surface area contributed by atoms with Gasteiger partial charge < -0.3 is 5.32 Å². The lowest BCUT2D eigenvalue weighted by Gasteiger charge is -2.30. The Hall–Kier alpha value is -0.350. The van der Waals surface area contributed by atoms with Gasteiger partial charge in [-0.3, -0.25) is 4.68 Å². The standard InChI is InChI=1S/C16H28BrN3/c1-5-9-18-11-16(4,13-7-8-13)10-14-15(17)12(3)19-20(14)6-2/h13,18H,5-11H2,1-4H3. The fourth-order valence-electron chi connectivity index (χ4n) is 3.10. The number of aryl methyl sites for hydroxylation is 2. The van der Waals surface area contributed by atoms with Gasteiger partial charge in [-0.25, -0.2) is 0 Å². The Balaban J connectivity index is 2.15. The number of hydrogen-bond acceptors (Lipinski definition) is 2. The molecule has 2 rings (SSSR count). The summed E-state index contributed by atoms with van der Waals surface area (Å²) in [6.07, 6.45) is 5.10. The molecule has 0 saturated heterocycles. The highest BCUT2D eigenvalue weighted by atomic mass is 79.9. The number of rotatable bonds is 8. The van der Waals surface area contributed by atoms with E-state index >= 15 is 0 Å². The minimum Gasteiger partial charge on any atom is -0.316 e. The quantitative estimate of drug-likeness (QED) is 0.726. The minimum atomic E-state index is 0.358. The first-order valence-electron chi connectivity index (χ1n) is 7.94. The van der Waals surface area contributed by atoms with E-state index in [-0.39, 0.29) is 0 Å². The third kappa shape index (κ3) is 3.45. The highest BCUT2D eigenvalue weighted by Gasteiger charge is 2.42. The summed E-state index contributed by atoms with van der Waals surface area (Å²) < 4.78 is 3.38. The maximum atomic E-state index is 4.64. The van der Waals surface area contributed by atoms with Gasteiger partial charge >= 0.3 is 0 Å². The molecule has 0 spiro atoms. The zero-order chi connectivity index (χ0) is 14.8. The smallest absolute Gasteiger partial charge is 0.0738 e. The second-order valence-corrected chi connectivity index (χ2v) is 7.24. The first-order chi connectivity index (χ1) is 9.51. The Morgan fingerprint density at radius 2 is 2.10 bits per heavy atom. The molecule has 0 amide bonds. The Labute approximate surface area is 131 Å². The van der Waals surface area contributed by atoms with Crippen LogP contribution < -0.4 is 5.32 Å². The Kier molecular flexibility index (Phi) is 5.30. The van der Waals surface area contributed by atoms with E-state index in [4.69, 9.17) is 0 Å². The van der Waals surface area contributed by atoms with E-state index in [1.54, 1.807) is 0 Å². The average molecular weight is 342 g/mol. The lowest BCUT2D eigenvalue weighted by molar-refractivity contribution is 0.249. The summed E-state index contributed by atoms with van der Waals surface area (Å²) in [5.74, 6) is 0.874. The molecule has 1 aliphatic rings. The van der Waals surface area contributed by atoms with Crippen LogP contribution in [0, 0.1) is 18.3 Å². The molecule has 4 heteroatoms. The molecule has 1 aliphatic carbocycles. The van der Waals surface area contributed by atoms with Crippen LogP contribution in [-0.2, 0) is 13.0 Å². The number of nitrogens with zero attached hydrogens (tertiary/aromatic N) is 2. The minimum absolute atomic E-state index is 0.358. The van der Waals surface area contributed by atoms with Gasteiger partial charge in [0, 0.05) is 13.1 Å². The van der Waals surface area contributed by atoms with Gasteiger partial charge in [0.15, 0.2) is 0 Å². The topological polar surface area (TPSA) is 29.9 Å². The summed E-state index contributed by atoms with van der Waals surface area (Å²) in [6.45, 7) is 12.1. The van der Waals surface area contributed by atoms with E-state index in [0.29, 0.717) is 5.41 Å². The van der Waals surface area contributed by atoms with Crippen molar-refractivity contribution in [2.45, 2.75) is 59.9 Å². The van der Waals surface area contributed by atoms with E-state index in [1.807, 2.05) is 0 Å². The van der Waals surface area contributed by atoms with Gasteiger partial charge in [0.1, 0.15) is 0 Å². The second-order valence-electron chi connectivity index (χ2n) is 6.44. The molecule has 1 heterocycles. The van der Waals surface area contributed by atoms with Crippen molar-refractivity contribution in [3.8, 4) is 0 Å². The zero-order valence-electron chi connectivity index (χ0n) is 13.3. The van der Waals surface area contributed by atoms with Gasteiger partial charge in [0.25, 0.3) is 0 Å². The number of nitrogens with one attached hydrogen (secondary N) is 1. The predicted octanol–water partition coefficient (Wildman–Crippen LogP) is 3.93. The first-order valence-corrected chi connectivity index (χ1v) is 8.73. The Morgan fingerprint density at radius 1 is 1.40 bits per heavy atom. The first kappa shape index (κ1) is 16.0. The van der Waals surface area contributed by atoms with Crippen LogP contribution in [-0.4, -0.2) is 22.9 Å². The molecule has 1 fully saturated rings. The summed E-state index contributed by atoms with van der Waals surface area (Å²) in [5, 5.41) is 8.27. The number of hydrogen-bond donors (Lipinski definition) is 1. The van der Waals surface area contributed by atoms with E-state index in [9.17, 15) is 0 Å². The summed E-state index contributed by atoms with van der Waals surface area (Å²) in [5.41, 5.74) is 2.84. The fraction of sp³-hybridized carbons (Fsp3) is 0.812. The van der Waals surface area contributed by atoms with Gasteiger partial charge in [-0.15, -0.1) is 0 Å².